The molecule has 0 N–H and O–H groups in total. The molecule has 1 heterocycles. The van der Waals surface area contributed by atoms with Crippen LogP contribution in [0.15, 0.2) is 30.3 Å². The Morgan fingerprint density at radius 3 is 2.07 bits per heavy atom. The fraction of sp³-hybridized carbons (Fsp3) is 0.760. The zero-order valence-electron chi connectivity index (χ0n) is 18.9. The Morgan fingerprint density at radius 2 is 1.52 bits per heavy atom. The van der Waals surface area contributed by atoms with Crippen molar-refractivity contribution in [3.05, 3.63) is 35.9 Å². The number of benzene rings is 1. The molecule has 1 saturated carbocycles. The fourth-order valence-corrected chi connectivity index (χ4v) is 16.8. The molecule has 1 aliphatic heterocycles. The van der Waals surface area contributed by atoms with Gasteiger partial charge in [-0.25, -0.2) is 0 Å². The first-order valence-corrected chi connectivity index (χ1v) is 13.4. The van der Waals surface area contributed by atoms with Gasteiger partial charge in [-0.1, -0.05) is 104 Å². The van der Waals surface area contributed by atoms with Crippen molar-refractivity contribution in [3.63, 3.8) is 0 Å². The van der Waals surface area contributed by atoms with Crippen LogP contribution >= 0.6 is 0 Å². The van der Waals surface area contributed by atoms with E-state index in [0.717, 1.165) is 12.5 Å². The van der Waals surface area contributed by atoms with Crippen LogP contribution in [-0.4, -0.2) is 14.2 Å². The van der Waals surface area contributed by atoms with Crippen LogP contribution in [0.4, 0.5) is 0 Å². The quantitative estimate of drug-likeness (QED) is 0.376. The molecule has 152 valence electrons. The molecule has 0 bridgehead atoms. The highest BCUT2D eigenvalue weighted by molar-refractivity contribution is 6.97. The molecule has 27 heavy (non-hydrogen) atoms. The van der Waals surface area contributed by atoms with Crippen molar-refractivity contribution < 1.29 is 4.74 Å². The molecule has 1 aliphatic carbocycles. The predicted molar refractivity (Wildman–Crippen MR) is 120 cm³/mol. The second-order valence-electron chi connectivity index (χ2n) is 11.6. The lowest BCUT2D eigenvalue weighted by Crippen LogP contribution is -2.45. The molecule has 3 rings (SSSR count). The maximum atomic E-state index is 6.67. The highest BCUT2D eigenvalue weighted by atomic mass is 28.3. The Kier molecular flexibility index (Phi) is 5.74. The predicted octanol–water partition coefficient (Wildman–Crippen LogP) is 7.98. The molecule has 2 aliphatic rings. The summed E-state index contributed by atoms with van der Waals surface area (Å²) in [5, 5.41) is 1.43. The Morgan fingerprint density at radius 1 is 0.926 bits per heavy atom. The van der Waals surface area contributed by atoms with Crippen LogP contribution in [0.3, 0.4) is 0 Å². The van der Waals surface area contributed by atoms with Crippen molar-refractivity contribution in [2.45, 2.75) is 114 Å². The monoisotopic (exact) mass is 386 g/mol. The normalized spacial score (nSPS) is 31.4. The van der Waals surface area contributed by atoms with E-state index in [9.17, 15) is 0 Å². The topological polar surface area (TPSA) is 9.23 Å². The van der Waals surface area contributed by atoms with Crippen molar-refractivity contribution in [3.8, 4) is 0 Å². The van der Waals surface area contributed by atoms with Crippen molar-refractivity contribution in [2.24, 2.45) is 5.92 Å². The van der Waals surface area contributed by atoms with Crippen LogP contribution in [0.5, 0.6) is 0 Å². The summed E-state index contributed by atoms with van der Waals surface area (Å²) < 4.78 is 6.67. The molecule has 2 fully saturated rings. The third-order valence-electron chi connectivity index (χ3n) is 8.12. The summed E-state index contributed by atoms with van der Waals surface area (Å²) in [6.45, 7) is 18.6. The van der Waals surface area contributed by atoms with Crippen LogP contribution in [0, 0.1) is 5.92 Å². The van der Waals surface area contributed by atoms with Gasteiger partial charge in [-0.05, 0) is 39.4 Å². The van der Waals surface area contributed by atoms with E-state index in [1.54, 1.807) is 0 Å². The van der Waals surface area contributed by atoms with Gasteiger partial charge in [-0.3, -0.25) is 0 Å². The Hall–Kier alpha value is -0.603. The first-order chi connectivity index (χ1) is 12.5. The van der Waals surface area contributed by atoms with Crippen molar-refractivity contribution in [1.82, 2.24) is 0 Å². The molecular weight excluding hydrogens is 344 g/mol. The zero-order valence-corrected chi connectivity index (χ0v) is 19.9. The van der Waals surface area contributed by atoms with E-state index in [1.165, 1.54) is 43.7 Å². The third kappa shape index (κ3) is 3.69. The summed E-state index contributed by atoms with van der Waals surface area (Å²) in [4.78, 5) is 0. The average Bonchev–Trinajstić information content (AvgIpc) is 3.29. The second kappa shape index (κ2) is 7.33. The minimum atomic E-state index is -1.45. The van der Waals surface area contributed by atoms with Gasteiger partial charge < -0.3 is 4.74 Å². The lowest BCUT2D eigenvalue weighted by molar-refractivity contribution is -0.0109. The van der Waals surface area contributed by atoms with E-state index in [0.29, 0.717) is 21.2 Å². The smallest absolute Gasteiger partial charge is 0.0720 e. The van der Waals surface area contributed by atoms with Gasteiger partial charge >= 0.3 is 0 Å². The van der Waals surface area contributed by atoms with Crippen LogP contribution in [0.2, 0.25) is 21.2 Å². The zero-order chi connectivity index (χ0) is 19.9. The highest BCUT2D eigenvalue weighted by Gasteiger charge is 2.77. The molecule has 1 saturated heterocycles. The Balaban J connectivity index is 1.85. The van der Waals surface area contributed by atoms with Crippen LogP contribution in [0.25, 0.3) is 0 Å². The summed E-state index contributed by atoms with van der Waals surface area (Å²) in [6.07, 6.45) is 7.19. The maximum Gasteiger partial charge on any atom is 0.0720 e. The van der Waals surface area contributed by atoms with Crippen molar-refractivity contribution >= 4 is 8.07 Å². The van der Waals surface area contributed by atoms with Crippen LogP contribution in [-0.2, 0) is 11.3 Å². The molecule has 0 aromatic heterocycles. The van der Waals surface area contributed by atoms with Gasteiger partial charge in [-0.15, -0.1) is 0 Å². The van der Waals surface area contributed by atoms with Crippen molar-refractivity contribution in [2.75, 3.05) is 0 Å². The van der Waals surface area contributed by atoms with E-state index >= 15 is 0 Å². The summed E-state index contributed by atoms with van der Waals surface area (Å²) in [7, 11) is -1.45. The number of hydrogen-bond donors (Lipinski definition) is 0. The molecule has 0 amide bonds. The van der Waals surface area contributed by atoms with Gasteiger partial charge in [0.1, 0.15) is 0 Å². The van der Waals surface area contributed by atoms with E-state index in [2.05, 4.69) is 78.8 Å². The molecule has 0 spiro atoms. The molecule has 1 nitrogen and oxygen atoms in total. The number of rotatable bonds is 4. The average molecular weight is 387 g/mol. The van der Waals surface area contributed by atoms with E-state index in [1.807, 2.05) is 0 Å². The Bertz CT molecular complexity index is 610. The minimum Gasteiger partial charge on any atom is -0.373 e. The summed E-state index contributed by atoms with van der Waals surface area (Å²) >= 11 is 0. The number of hydrogen-bond acceptors (Lipinski definition) is 1. The molecular formula is C25H42OSi. The van der Waals surface area contributed by atoms with Gasteiger partial charge in [0.25, 0.3) is 0 Å². The fourth-order valence-electron chi connectivity index (χ4n) is 7.30. The minimum absolute atomic E-state index is 0.441. The Labute approximate surface area is 169 Å². The molecule has 2 heteroatoms. The molecule has 1 aromatic rings. The van der Waals surface area contributed by atoms with E-state index in [-0.39, 0.29) is 0 Å². The standard InChI is InChI=1S/C25H42OSi/c1-23(2,3)27(24(4,5)6)19-25(27,7)21-16-12-9-13-17-22(21)26-18-20-14-10-8-11-15-20/h8,10-11,14-15,21-22H,9,12-13,16-19H2,1-7H3/t21-,22-,25?/m1/s1. The first kappa shape index (κ1) is 21.1. The molecule has 0 radical (unpaired) electrons. The van der Waals surface area contributed by atoms with Gasteiger partial charge in [0.05, 0.1) is 20.8 Å². The van der Waals surface area contributed by atoms with Crippen LogP contribution < -0.4 is 0 Å². The molecule has 3 atom stereocenters. The van der Waals surface area contributed by atoms with Gasteiger partial charge in [0, 0.05) is 0 Å². The van der Waals surface area contributed by atoms with Gasteiger partial charge in [-0.2, -0.15) is 0 Å². The van der Waals surface area contributed by atoms with Crippen molar-refractivity contribution in [1.29, 1.82) is 0 Å². The second-order valence-corrected chi connectivity index (χ2v) is 17.9. The lowest BCUT2D eigenvalue weighted by atomic mass is 9.86. The van der Waals surface area contributed by atoms with Gasteiger partial charge in [0.15, 0.2) is 0 Å². The van der Waals surface area contributed by atoms with Gasteiger partial charge in [0.2, 0.25) is 0 Å². The summed E-state index contributed by atoms with van der Waals surface area (Å²) in [5.74, 6) is 0.744. The maximum absolute atomic E-state index is 6.67. The number of ether oxygens (including phenoxy) is 1. The largest absolute Gasteiger partial charge is 0.373 e. The van der Waals surface area contributed by atoms with E-state index in [4.69, 9.17) is 4.74 Å². The SMILES string of the molecule is CC(C)(C)[Si]1(C(C)(C)C)CC1(C)[C@@H]1CCCCC[C@H]1OCc1ccccc1. The third-order valence-corrected chi connectivity index (χ3v) is 16.6. The first-order valence-electron chi connectivity index (χ1n) is 11.2. The molecule has 1 unspecified atom stereocenters. The molecule has 1 aromatic carbocycles. The summed E-state index contributed by atoms with van der Waals surface area (Å²) in [6, 6.07) is 12.2. The van der Waals surface area contributed by atoms with E-state index < -0.39 is 8.07 Å². The highest BCUT2D eigenvalue weighted by Crippen LogP contribution is 2.83. The van der Waals surface area contributed by atoms with Crippen LogP contribution in [0.1, 0.15) is 86.1 Å². The summed E-state index contributed by atoms with van der Waals surface area (Å²) in [5.41, 5.74) is 1.32. The lowest BCUT2D eigenvalue weighted by Gasteiger charge is -2.47.